The lowest BCUT2D eigenvalue weighted by Gasteiger charge is -1.93. The second-order valence-corrected chi connectivity index (χ2v) is 5.78. The van der Waals surface area contributed by atoms with Crippen molar-refractivity contribution in [3.05, 3.63) is 40.3 Å². The molecule has 100 valence electrons. The third-order valence-corrected chi connectivity index (χ3v) is 4.11. The van der Waals surface area contributed by atoms with Gasteiger partial charge >= 0.3 is 0 Å². The number of hydrogen-bond donors (Lipinski definition) is 0. The van der Waals surface area contributed by atoms with Gasteiger partial charge in [-0.15, -0.1) is 10.2 Å². The molecule has 0 radical (unpaired) electrons. The van der Waals surface area contributed by atoms with Gasteiger partial charge in [-0.05, 0) is 26.0 Å². The summed E-state index contributed by atoms with van der Waals surface area (Å²) in [7, 11) is 0. The van der Waals surface area contributed by atoms with Crippen LogP contribution in [0.1, 0.15) is 22.1 Å². The summed E-state index contributed by atoms with van der Waals surface area (Å²) < 4.78 is 7.11. The maximum atomic E-state index is 5.35. The van der Waals surface area contributed by atoms with E-state index in [1.165, 1.54) is 16.9 Å². The highest BCUT2D eigenvalue weighted by atomic mass is 32.1. The highest BCUT2D eigenvalue weighted by Gasteiger charge is 2.14. The average Bonchev–Trinajstić information content (AvgIpc) is 3.09. The third-order valence-electron chi connectivity index (χ3n) is 3.21. The number of aryl methyl sites for hydroxylation is 2. The van der Waals surface area contributed by atoms with E-state index in [-0.39, 0.29) is 0 Å². The number of hydrogen-bond acceptors (Lipinski definition) is 6. The van der Waals surface area contributed by atoms with Crippen molar-refractivity contribution < 1.29 is 4.52 Å². The first-order chi connectivity index (χ1) is 9.70. The number of rotatable bonds is 2. The largest absolute Gasteiger partial charge is 0.356 e. The molecule has 0 saturated heterocycles. The summed E-state index contributed by atoms with van der Waals surface area (Å²) >= 11 is 1.53. The lowest BCUT2D eigenvalue weighted by atomic mass is 10.1. The van der Waals surface area contributed by atoms with Crippen LogP contribution in [-0.2, 0) is 6.42 Å². The summed E-state index contributed by atoms with van der Waals surface area (Å²) in [5, 5.41) is 18.7. The first kappa shape index (κ1) is 11.5. The summed E-state index contributed by atoms with van der Waals surface area (Å²) in [6.45, 7) is 3.95. The molecule has 0 unspecified atom stereocenters. The van der Waals surface area contributed by atoms with Gasteiger partial charge in [-0.1, -0.05) is 28.1 Å². The van der Waals surface area contributed by atoms with E-state index in [4.69, 9.17) is 4.52 Å². The number of nitrogens with zero attached hydrogens (tertiary/aromatic N) is 5. The SMILES string of the molecule is Cc1ccc2onc(Cc3nn4c(C)nnc4s3)c2c1. The zero-order valence-electron chi connectivity index (χ0n) is 11.0. The molecule has 0 amide bonds. The number of aromatic nitrogens is 5. The van der Waals surface area contributed by atoms with E-state index < -0.39 is 0 Å². The molecule has 0 aliphatic rings. The van der Waals surface area contributed by atoms with Crippen LogP contribution in [-0.4, -0.2) is 25.0 Å². The number of fused-ring (bicyclic) bond motifs is 2. The fourth-order valence-corrected chi connectivity index (χ4v) is 3.08. The molecule has 3 aromatic heterocycles. The monoisotopic (exact) mass is 285 g/mol. The predicted molar refractivity (Wildman–Crippen MR) is 74.9 cm³/mol. The Labute approximate surface area is 118 Å². The van der Waals surface area contributed by atoms with E-state index in [0.717, 1.165) is 32.5 Å². The van der Waals surface area contributed by atoms with Gasteiger partial charge in [-0.2, -0.15) is 9.61 Å². The Bertz CT molecular complexity index is 919. The van der Waals surface area contributed by atoms with Crippen molar-refractivity contribution in [3.63, 3.8) is 0 Å². The fraction of sp³-hybridized carbons (Fsp3) is 0.231. The van der Waals surface area contributed by atoms with E-state index in [1.54, 1.807) is 4.52 Å². The minimum absolute atomic E-state index is 0.643. The average molecular weight is 285 g/mol. The molecule has 3 heterocycles. The Hall–Kier alpha value is -2.28. The van der Waals surface area contributed by atoms with Crippen LogP contribution >= 0.6 is 11.3 Å². The van der Waals surface area contributed by atoms with Crippen LogP contribution in [0.4, 0.5) is 0 Å². The Morgan fingerprint density at radius 1 is 1.25 bits per heavy atom. The summed E-state index contributed by atoms with van der Waals surface area (Å²) in [5.41, 5.74) is 2.91. The predicted octanol–water partition coefficient (Wildman–Crippen LogP) is 2.53. The second kappa shape index (κ2) is 4.11. The molecule has 0 spiro atoms. The van der Waals surface area contributed by atoms with Gasteiger partial charge in [-0.25, -0.2) is 0 Å². The molecule has 20 heavy (non-hydrogen) atoms. The van der Waals surface area contributed by atoms with Crippen LogP contribution in [0.3, 0.4) is 0 Å². The molecule has 4 rings (SSSR count). The second-order valence-electron chi connectivity index (χ2n) is 4.74. The molecule has 0 aliphatic heterocycles. The lowest BCUT2D eigenvalue weighted by molar-refractivity contribution is 0.448. The molecule has 1 aromatic carbocycles. The third kappa shape index (κ3) is 1.70. The Morgan fingerprint density at radius 3 is 3.00 bits per heavy atom. The minimum atomic E-state index is 0.643. The van der Waals surface area contributed by atoms with Crippen molar-refractivity contribution in [2.75, 3.05) is 0 Å². The molecule has 0 saturated carbocycles. The quantitative estimate of drug-likeness (QED) is 0.566. The van der Waals surface area contributed by atoms with Gasteiger partial charge in [0.1, 0.15) is 5.01 Å². The molecule has 6 nitrogen and oxygen atoms in total. The summed E-state index contributed by atoms with van der Waals surface area (Å²) in [5.74, 6) is 0.795. The highest BCUT2D eigenvalue weighted by Crippen LogP contribution is 2.24. The van der Waals surface area contributed by atoms with Crippen molar-refractivity contribution in [2.24, 2.45) is 0 Å². The van der Waals surface area contributed by atoms with E-state index in [1.807, 2.05) is 19.1 Å². The molecule has 7 heteroatoms. The zero-order valence-corrected chi connectivity index (χ0v) is 11.8. The van der Waals surface area contributed by atoms with Gasteiger partial charge in [0.2, 0.25) is 4.96 Å². The fourth-order valence-electron chi connectivity index (χ4n) is 2.20. The molecular formula is C13H11N5OS. The first-order valence-electron chi connectivity index (χ1n) is 6.23. The Morgan fingerprint density at radius 2 is 2.15 bits per heavy atom. The lowest BCUT2D eigenvalue weighted by Crippen LogP contribution is -1.93. The molecule has 4 aromatic rings. The Kier molecular flexibility index (Phi) is 2.37. The van der Waals surface area contributed by atoms with Crippen molar-refractivity contribution in [2.45, 2.75) is 20.3 Å². The summed E-state index contributed by atoms with van der Waals surface area (Å²) in [6.07, 6.45) is 0.643. The first-order valence-corrected chi connectivity index (χ1v) is 7.05. The molecule has 0 N–H and O–H groups in total. The van der Waals surface area contributed by atoms with E-state index in [2.05, 4.69) is 33.4 Å². The van der Waals surface area contributed by atoms with Gasteiger partial charge in [0.05, 0.1) is 5.69 Å². The maximum Gasteiger partial charge on any atom is 0.234 e. The smallest absolute Gasteiger partial charge is 0.234 e. The normalized spacial score (nSPS) is 11.7. The molecular weight excluding hydrogens is 274 g/mol. The molecule has 0 atom stereocenters. The van der Waals surface area contributed by atoms with Gasteiger partial charge in [0.25, 0.3) is 0 Å². The van der Waals surface area contributed by atoms with Crippen molar-refractivity contribution in [1.82, 2.24) is 25.0 Å². The van der Waals surface area contributed by atoms with Gasteiger partial charge in [0.15, 0.2) is 11.4 Å². The Balaban J connectivity index is 1.78. The highest BCUT2D eigenvalue weighted by molar-refractivity contribution is 7.16. The van der Waals surface area contributed by atoms with E-state index in [9.17, 15) is 0 Å². The van der Waals surface area contributed by atoms with Gasteiger partial charge in [-0.3, -0.25) is 0 Å². The van der Waals surface area contributed by atoms with Gasteiger partial charge in [0, 0.05) is 11.8 Å². The topological polar surface area (TPSA) is 69.1 Å². The van der Waals surface area contributed by atoms with Gasteiger partial charge < -0.3 is 4.52 Å². The molecule has 0 aliphatic carbocycles. The van der Waals surface area contributed by atoms with Crippen LogP contribution in [0.5, 0.6) is 0 Å². The van der Waals surface area contributed by atoms with Crippen molar-refractivity contribution in [1.29, 1.82) is 0 Å². The van der Waals surface area contributed by atoms with Crippen molar-refractivity contribution in [3.8, 4) is 0 Å². The maximum absolute atomic E-state index is 5.35. The molecule has 0 fully saturated rings. The molecule has 0 bridgehead atoms. The number of benzene rings is 1. The van der Waals surface area contributed by atoms with Crippen LogP contribution in [0.25, 0.3) is 15.9 Å². The van der Waals surface area contributed by atoms with Crippen LogP contribution in [0, 0.1) is 13.8 Å². The van der Waals surface area contributed by atoms with Crippen LogP contribution in [0.15, 0.2) is 22.7 Å². The van der Waals surface area contributed by atoms with Crippen LogP contribution < -0.4 is 0 Å². The van der Waals surface area contributed by atoms with Crippen molar-refractivity contribution >= 4 is 27.3 Å². The standard InChI is InChI=1S/C13H11N5OS/c1-7-3-4-11-9(5-7)10(17-19-11)6-12-16-18-8(2)14-15-13(18)20-12/h3-5H,6H2,1-2H3. The van der Waals surface area contributed by atoms with E-state index in [0.29, 0.717) is 6.42 Å². The van der Waals surface area contributed by atoms with Crippen LogP contribution in [0.2, 0.25) is 0 Å². The summed E-state index contributed by atoms with van der Waals surface area (Å²) in [4.78, 5) is 0.807. The minimum Gasteiger partial charge on any atom is -0.356 e. The van der Waals surface area contributed by atoms with E-state index >= 15 is 0 Å². The summed E-state index contributed by atoms with van der Waals surface area (Å²) in [6, 6.07) is 6.06. The zero-order chi connectivity index (χ0) is 13.7.